The third-order valence-electron chi connectivity index (χ3n) is 5.00. The SMILES string of the molecule is O=C(NC1CCc2[nH]c3cc4c(cc3c2C1)OC(F)(F)O4)C1CC1. The second kappa shape index (κ2) is 4.62. The van der Waals surface area contributed by atoms with Crippen LogP contribution in [0.4, 0.5) is 8.78 Å². The van der Waals surface area contributed by atoms with Gasteiger partial charge in [-0.15, -0.1) is 8.78 Å². The van der Waals surface area contributed by atoms with Gasteiger partial charge in [-0.2, -0.15) is 0 Å². The first-order valence-electron chi connectivity index (χ1n) is 8.22. The lowest BCUT2D eigenvalue weighted by molar-refractivity contribution is -0.286. The number of carbonyl (C=O) groups excluding carboxylic acids is 1. The van der Waals surface area contributed by atoms with Crippen molar-refractivity contribution in [2.75, 3.05) is 0 Å². The first-order chi connectivity index (χ1) is 11.5. The highest BCUT2D eigenvalue weighted by molar-refractivity contribution is 5.89. The van der Waals surface area contributed by atoms with Crippen LogP contribution in [0.3, 0.4) is 0 Å². The maximum absolute atomic E-state index is 13.2. The van der Waals surface area contributed by atoms with Gasteiger partial charge in [-0.3, -0.25) is 4.79 Å². The topological polar surface area (TPSA) is 63.4 Å². The highest BCUT2D eigenvalue weighted by atomic mass is 19.3. The largest absolute Gasteiger partial charge is 0.586 e. The molecule has 1 fully saturated rings. The fourth-order valence-corrected chi connectivity index (χ4v) is 3.65. The van der Waals surface area contributed by atoms with E-state index in [4.69, 9.17) is 0 Å². The summed E-state index contributed by atoms with van der Waals surface area (Å²) in [5, 5.41) is 3.97. The summed E-state index contributed by atoms with van der Waals surface area (Å²) in [4.78, 5) is 15.3. The van der Waals surface area contributed by atoms with Gasteiger partial charge in [-0.1, -0.05) is 0 Å². The summed E-state index contributed by atoms with van der Waals surface area (Å²) in [6, 6.07) is 3.25. The van der Waals surface area contributed by atoms with Gasteiger partial charge in [0.15, 0.2) is 11.5 Å². The molecule has 2 N–H and O–H groups in total. The maximum Gasteiger partial charge on any atom is 0.586 e. The van der Waals surface area contributed by atoms with Crippen LogP contribution in [0.2, 0.25) is 0 Å². The molecule has 1 aromatic carbocycles. The van der Waals surface area contributed by atoms with Crippen molar-refractivity contribution in [1.82, 2.24) is 10.3 Å². The van der Waals surface area contributed by atoms with Crippen LogP contribution in [-0.2, 0) is 17.6 Å². The van der Waals surface area contributed by atoms with Crippen LogP contribution < -0.4 is 14.8 Å². The minimum absolute atomic E-state index is 0.0460. The van der Waals surface area contributed by atoms with E-state index in [0.717, 1.165) is 47.8 Å². The minimum Gasteiger partial charge on any atom is -0.395 e. The van der Waals surface area contributed by atoms with Gasteiger partial charge in [-0.25, -0.2) is 0 Å². The average Bonchev–Trinajstić information content (AvgIpc) is 3.25. The second-order valence-corrected chi connectivity index (χ2v) is 6.82. The van der Waals surface area contributed by atoms with Crippen LogP contribution in [0.5, 0.6) is 11.5 Å². The number of hydrogen-bond donors (Lipinski definition) is 2. The van der Waals surface area contributed by atoms with E-state index in [0.29, 0.717) is 6.42 Å². The summed E-state index contributed by atoms with van der Waals surface area (Å²) < 4.78 is 35.5. The van der Waals surface area contributed by atoms with Crippen LogP contribution in [0.1, 0.15) is 30.5 Å². The van der Waals surface area contributed by atoms with E-state index in [9.17, 15) is 13.6 Å². The molecule has 2 heterocycles. The van der Waals surface area contributed by atoms with Gasteiger partial charge in [0, 0.05) is 34.6 Å². The number of H-pyrrole nitrogens is 1. The number of fused-ring (bicyclic) bond motifs is 4. The number of alkyl halides is 2. The fourth-order valence-electron chi connectivity index (χ4n) is 3.65. The molecule has 0 saturated heterocycles. The van der Waals surface area contributed by atoms with Gasteiger partial charge < -0.3 is 19.8 Å². The van der Waals surface area contributed by atoms with E-state index < -0.39 is 6.29 Å². The van der Waals surface area contributed by atoms with E-state index in [-0.39, 0.29) is 29.4 Å². The van der Waals surface area contributed by atoms with Crippen molar-refractivity contribution in [1.29, 1.82) is 0 Å². The molecule has 2 aromatic rings. The van der Waals surface area contributed by atoms with Crippen LogP contribution in [0.15, 0.2) is 12.1 Å². The number of hydrogen-bond acceptors (Lipinski definition) is 3. The zero-order chi connectivity index (χ0) is 16.5. The van der Waals surface area contributed by atoms with Gasteiger partial charge in [0.2, 0.25) is 5.91 Å². The Kier molecular flexibility index (Phi) is 2.71. The Morgan fingerprint density at radius 2 is 1.96 bits per heavy atom. The summed E-state index contributed by atoms with van der Waals surface area (Å²) in [6.07, 6.45) is 0.750. The zero-order valence-electron chi connectivity index (χ0n) is 12.8. The molecule has 1 unspecified atom stereocenters. The normalized spacial score (nSPS) is 24.0. The van der Waals surface area contributed by atoms with Gasteiger partial charge in [-0.05, 0) is 43.7 Å². The Morgan fingerprint density at radius 3 is 2.71 bits per heavy atom. The van der Waals surface area contributed by atoms with Crippen molar-refractivity contribution < 1.29 is 23.0 Å². The Labute approximate surface area is 136 Å². The molecule has 2 aliphatic carbocycles. The van der Waals surface area contributed by atoms with E-state index in [1.807, 2.05) is 0 Å². The quantitative estimate of drug-likeness (QED) is 0.888. The van der Waals surface area contributed by atoms with E-state index in [1.54, 1.807) is 12.1 Å². The van der Waals surface area contributed by atoms with Gasteiger partial charge in [0.1, 0.15) is 0 Å². The molecule has 0 spiro atoms. The Morgan fingerprint density at radius 1 is 1.21 bits per heavy atom. The molecule has 1 amide bonds. The fraction of sp³-hybridized carbons (Fsp3) is 0.471. The van der Waals surface area contributed by atoms with Crippen molar-refractivity contribution in [3.8, 4) is 11.5 Å². The van der Waals surface area contributed by atoms with Crippen LogP contribution in [0, 0.1) is 5.92 Å². The molecule has 5 rings (SSSR count). The smallest absolute Gasteiger partial charge is 0.395 e. The first kappa shape index (κ1) is 14.1. The monoisotopic (exact) mass is 334 g/mol. The molecular weight excluding hydrogens is 318 g/mol. The number of ether oxygens (including phenoxy) is 2. The molecule has 1 saturated carbocycles. The van der Waals surface area contributed by atoms with Crippen LogP contribution in [0.25, 0.3) is 10.9 Å². The molecule has 7 heteroatoms. The number of nitrogens with one attached hydrogen (secondary N) is 2. The third-order valence-corrected chi connectivity index (χ3v) is 5.00. The third kappa shape index (κ3) is 2.22. The van der Waals surface area contributed by atoms with Gasteiger partial charge in [0.05, 0.1) is 0 Å². The summed E-state index contributed by atoms with van der Waals surface area (Å²) in [6.45, 7) is 0. The van der Waals surface area contributed by atoms with Crippen molar-refractivity contribution in [2.24, 2.45) is 5.92 Å². The first-order valence-corrected chi connectivity index (χ1v) is 8.22. The molecule has 1 aliphatic heterocycles. The Hall–Kier alpha value is -2.31. The van der Waals surface area contributed by atoms with Crippen molar-refractivity contribution in [3.63, 3.8) is 0 Å². The van der Waals surface area contributed by atoms with E-state index in [2.05, 4.69) is 19.8 Å². The number of aromatic nitrogens is 1. The predicted octanol–water partition coefficient (Wildman–Crippen LogP) is 2.87. The number of amides is 1. The molecule has 3 aliphatic rings. The number of carbonyl (C=O) groups is 1. The summed E-state index contributed by atoms with van der Waals surface area (Å²) >= 11 is 0. The summed E-state index contributed by atoms with van der Waals surface area (Å²) in [5.41, 5.74) is 2.92. The summed E-state index contributed by atoms with van der Waals surface area (Å²) in [7, 11) is 0. The molecule has 24 heavy (non-hydrogen) atoms. The molecule has 0 radical (unpaired) electrons. The lowest BCUT2D eigenvalue weighted by atomic mass is 9.91. The molecule has 0 bridgehead atoms. The number of aromatic amines is 1. The average molecular weight is 334 g/mol. The molecule has 1 atom stereocenters. The Bertz CT molecular complexity index is 857. The second-order valence-electron chi connectivity index (χ2n) is 6.82. The van der Waals surface area contributed by atoms with Crippen molar-refractivity contribution in [2.45, 2.75) is 44.4 Å². The highest BCUT2D eigenvalue weighted by Gasteiger charge is 2.44. The van der Waals surface area contributed by atoms with Crippen LogP contribution in [-0.4, -0.2) is 23.2 Å². The van der Waals surface area contributed by atoms with Gasteiger partial charge >= 0.3 is 6.29 Å². The molecule has 1 aromatic heterocycles. The predicted molar refractivity (Wildman–Crippen MR) is 81.2 cm³/mol. The molecule has 126 valence electrons. The van der Waals surface area contributed by atoms with E-state index >= 15 is 0 Å². The lowest BCUT2D eigenvalue weighted by Gasteiger charge is -2.23. The number of halogens is 2. The van der Waals surface area contributed by atoms with E-state index in [1.165, 1.54) is 0 Å². The number of benzene rings is 1. The Balaban J connectivity index is 1.46. The van der Waals surface area contributed by atoms with Gasteiger partial charge in [0.25, 0.3) is 0 Å². The lowest BCUT2D eigenvalue weighted by Crippen LogP contribution is -2.39. The summed E-state index contributed by atoms with van der Waals surface area (Å²) in [5.74, 6) is 0.425. The maximum atomic E-state index is 13.2. The highest BCUT2D eigenvalue weighted by Crippen LogP contribution is 2.44. The number of aryl methyl sites for hydroxylation is 1. The van der Waals surface area contributed by atoms with Crippen molar-refractivity contribution >= 4 is 16.8 Å². The zero-order valence-corrected chi connectivity index (χ0v) is 12.8. The molecular formula is C17H16F2N2O3. The van der Waals surface area contributed by atoms with Crippen LogP contribution >= 0.6 is 0 Å². The minimum atomic E-state index is -3.61. The van der Waals surface area contributed by atoms with Crippen molar-refractivity contribution in [3.05, 3.63) is 23.4 Å². The molecule has 5 nitrogen and oxygen atoms in total. The number of rotatable bonds is 2. The standard InChI is InChI=1S/C17H16F2N2O3/c18-17(19)23-14-6-11-10-5-9(20-16(22)8-1-2-8)3-4-12(10)21-13(11)7-15(14)24-17/h6-9,21H,1-5H2,(H,20,22).